The summed E-state index contributed by atoms with van der Waals surface area (Å²) in [6.45, 7) is 3.24. The van der Waals surface area contributed by atoms with Crippen LogP contribution in [0.25, 0.3) is 0 Å². The molecular formula is C10H19N3. The Bertz CT molecular complexity index is 199. The average Bonchev–Trinajstić information content (AvgIpc) is 2.18. The van der Waals surface area contributed by atoms with Crippen molar-refractivity contribution in [3.05, 3.63) is 0 Å². The lowest BCUT2D eigenvalue weighted by atomic mass is 9.81. The zero-order valence-corrected chi connectivity index (χ0v) is 8.58. The van der Waals surface area contributed by atoms with Gasteiger partial charge in [0.15, 0.2) is 0 Å². The first-order chi connectivity index (χ1) is 6.11. The Labute approximate surface area is 80.5 Å². The van der Waals surface area contributed by atoms with Gasteiger partial charge in [-0.1, -0.05) is 6.92 Å². The van der Waals surface area contributed by atoms with Crippen molar-refractivity contribution in [3.8, 4) is 6.07 Å². The molecule has 1 fully saturated rings. The first kappa shape index (κ1) is 10.5. The highest BCUT2D eigenvalue weighted by molar-refractivity contribution is 5.07. The van der Waals surface area contributed by atoms with Crippen LogP contribution in [0, 0.1) is 11.3 Å². The standard InChI is InChI=1S/C10H19N3/c1-3-13(2)9-4-6-10(12,8-11)7-5-9/h9H,3-7,12H2,1-2H3. The van der Waals surface area contributed by atoms with Crippen LogP contribution < -0.4 is 5.73 Å². The van der Waals surface area contributed by atoms with Crippen LogP contribution in [-0.4, -0.2) is 30.1 Å². The third-order valence-electron chi connectivity index (χ3n) is 3.19. The second-order valence-corrected chi connectivity index (χ2v) is 4.07. The molecule has 1 saturated carbocycles. The van der Waals surface area contributed by atoms with Gasteiger partial charge in [0.2, 0.25) is 0 Å². The molecule has 0 bridgehead atoms. The summed E-state index contributed by atoms with van der Waals surface area (Å²) in [4.78, 5) is 2.34. The Hall–Kier alpha value is -0.590. The van der Waals surface area contributed by atoms with Crippen molar-refractivity contribution in [2.45, 2.75) is 44.2 Å². The van der Waals surface area contributed by atoms with Gasteiger partial charge in [0.25, 0.3) is 0 Å². The molecule has 2 N–H and O–H groups in total. The normalized spacial score (nSPS) is 34.5. The summed E-state index contributed by atoms with van der Waals surface area (Å²) in [6, 6.07) is 2.85. The molecule has 0 radical (unpaired) electrons. The smallest absolute Gasteiger partial charge is 0.104 e. The zero-order valence-electron chi connectivity index (χ0n) is 8.58. The van der Waals surface area contributed by atoms with Gasteiger partial charge in [-0.2, -0.15) is 5.26 Å². The molecule has 0 aromatic heterocycles. The monoisotopic (exact) mass is 181 g/mol. The van der Waals surface area contributed by atoms with E-state index in [0.29, 0.717) is 6.04 Å². The van der Waals surface area contributed by atoms with Gasteiger partial charge in [-0.25, -0.2) is 0 Å². The molecule has 0 spiro atoms. The van der Waals surface area contributed by atoms with Crippen molar-refractivity contribution in [1.82, 2.24) is 4.90 Å². The van der Waals surface area contributed by atoms with Crippen molar-refractivity contribution in [1.29, 1.82) is 5.26 Å². The predicted octanol–water partition coefficient (Wildman–Crippen LogP) is 1.10. The van der Waals surface area contributed by atoms with Crippen molar-refractivity contribution >= 4 is 0 Å². The molecule has 1 aliphatic rings. The number of nitriles is 1. The lowest BCUT2D eigenvalue weighted by Gasteiger charge is -2.36. The van der Waals surface area contributed by atoms with Crippen molar-refractivity contribution in [2.75, 3.05) is 13.6 Å². The van der Waals surface area contributed by atoms with Gasteiger partial charge in [0.1, 0.15) is 5.54 Å². The maximum absolute atomic E-state index is 8.84. The summed E-state index contributed by atoms with van der Waals surface area (Å²) < 4.78 is 0. The Balaban J connectivity index is 2.44. The van der Waals surface area contributed by atoms with E-state index in [1.165, 1.54) is 0 Å². The SMILES string of the molecule is CCN(C)C1CCC(N)(C#N)CC1. The van der Waals surface area contributed by atoms with Gasteiger partial charge in [-0.05, 0) is 39.3 Å². The molecule has 0 saturated heterocycles. The summed E-state index contributed by atoms with van der Waals surface area (Å²) in [5.74, 6) is 0. The topological polar surface area (TPSA) is 53.0 Å². The quantitative estimate of drug-likeness (QED) is 0.694. The van der Waals surface area contributed by atoms with E-state index in [-0.39, 0.29) is 0 Å². The van der Waals surface area contributed by atoms with Crippen LogP contribution in [0.2, 0.25) is 0 Å². The molecule has 3 nitrogen and oxygen atoms in total. The van der Waals surface area contributed by atoms with E-state index in [9.17, 15) is 0 Å². The maximum atomic E-state index is 8.84. The third-order valence-corrected chi connectivity index (χ3v) is 3.19. The third kappa shape index (κ3) is 2.43. The first-order valence-corrected chi connectivity index (χ1v) is 5.01. The van der Waals surface area contributed by atoms with Crippen molar-refractivity contribution in [3.63, 3.8) is 0 Å². The number of rotatable bonds is 2. The largest absolute Gasteiger partial charge is 0.313 e. The van der Waals surface area contributed by atoms with Crippen LogP contribution >= 0.6 is 0 Å². The minimum Gasteiger partial charge on any atom is -0.313 e. The summed E-state index contributed by atoms with van der Waals surface area (Å²) in [6.07, 6.45) is 3.82. The second-order valence-electron chi connectivity index (χ2n) is 4.07. The fraction of sp³-hybridized carbons (Fsp3) is 0.900. The summed E-state index contributed by atoms with van der Waals surface area (Å²) >= 11 is 0. The Kier molecular flexibility index (Phi) is 3.29. The first-order valence-electron chi connectivity index (χ1n) is 5.01. The van der Waals surface area contributed by atoms with Gasteiger partial charge in [-0.3, -0.25) is 0 Å². The average molecular weight is 181 g/mol. The molecular weight excluding hydrogens is 162 g/mol. The van der Waals surface area contributed by atoms with E-state index in [0.717, 1.165) is 32.2 Å². The van der Waals surface area contributed by atoms with E-state index in [4.69, 9.17) is 11.0 Å². The van der Waals surface area contributed by atoms with Crippen LogP contribution in [0.5, 0.6) is 0 Å². The van der Waals surface area contributed by atoms with Crippen LogP contribution in [0.4, 0.5) is 0 Å². The highest BCUT2D eigenvalue weighted by Crippen LogP contribution is 2.27. The minimum absolute atomic E-state index is 0.537. The van der Waals surface area contributed by atoms with Crippen LogP contribution in [-0.2, 0) is 0 Å². The molecule has 1 rings (SSSR count). The lowest BCUT2D eigenvalue weighted by Crippen LogP contribution is -2.46. The summed E-state index contributed by atoms with van der Waals surface area (Å²) in [5.41, 5.74) is 5.35. The minimum atomic E-state index is -0.537. The lowest BCUT2D eigenvalue weighted by molar-refractivity contribution is 0.175. The summed E-state index contributed by atoms with van der Waals surface area (Å²) in [5, 5.41) is 8.84. The van der Waals surface area contributed by atoms with Crippen LogP contribution in [0.3, 0.4) is 0 Å². The number of hydrogen-bond donors (Lipinski definition) is 1. The van der Waals surface area contributed by atoms with E-state index in [2.05, 4.69) is 24.9 Å². The molecule has 1 aliphatic carbocycles. The molecule has 0 atom stereocenters. The maximum Gasteiger partial charge on any atom is 0.104 e. The van der Waals surface area contributed by atoms with Gasteiger partial charge >= 0.3 is 0 Å². The van der Waals surface area contributed by atoms with Gasteiger partial charge < -0.3 is 10.6 Å². The van der Waals surface area contributed by atoms with Gasteiger partial charge in [0, 0.05) is 6.04 Å². The van der Waals surface area contributed by atoms with E-state index in [1.54, 1.807) is 0 Å². The van der Waals surface area contributed by atoms with E-state index >= 15 is 0 Å². The molecule has 0 aromatic rings. The number of nitrogens with two attached hydrogens (primary N) is 1. The number of nitrogens with zero attached hydrogens (tertiary/aromatic N) is 2. The van der Waals surface area contributed by atoms with Gasteiger partial charge in [-0.15, -0.1) is 0 Å². The Morgan fingerprint density at radius 2 is 2.08 bits per heavy atom. The molecule has 13 heavy (non-hydrogen) atoms. The second kappa shape index (κ2) is 4.08. The molecule has 0 amide bonds. The number of hydrogen-bond acceptors (Lipinski definition) is 3. The Morgan fingerprint density at radius 3 is 2.46 bits per heavy atom. The van der Waals surface area contributed by atoms with E-state index in [1.807, 2.05) is 0 Å². The van der Waals surface area contributed by atoms with Crippen LogP contribution in [0.15, 0.2) is 0 Å². The highest BCUT2D eigenvalue weighted by atomic mass is 15.1. The van der Waals surface area contributed by atoms with Crippen molar-refractivity contribution < 1.29 is 0 Å². The van der Waals surface area contributed by atoms with E-state index < -0.39 is 5.54 Å². The fourth-order valence-corrected chi connectivity index (χ4v) is 1.93. The summed E-state index contributed by atoms with van der Waals surface area (Å²) in [7, 11) is 2.14. The molecule has 3 heteroatoms. The highest BCUT2D eigenvalue weighted by Gasteiger charge is 2.32. The zero-order chi connectivity index (χ0) is 9.90. The molecule has 74 valence electrons. The fourth-order valence-electron chi connectivity index (χ4n) is 1.93. The van der Waals surface area contributed by atoms with Crippen LogP contribution in [0.1, 0.15) is 32.6 Å². The predicted molar refractivity (Wildman–Crippen MR) is 53.1 cm³/mol. The van der Waals surface area contributed by atoms with Gasteiger partial charge in [0.05, 0.1) is 6.07 Å². The van der Waals surface area contributed by atoms with Crippen molar-refractivity contribution in [2.24, 2.45) is 5.73 Å². The molecule has 0 heterocycles. The molecule has 0 aliphatic heterocycles. The Morgan fingerprint density at radius 1 is 1.54 bits per heavy atom. The molecule has 0 aromatic carbocycles. The molecule has 0 unspecified atom stereocenters.